The quantitative estimate of drug-likeness (QED) is 0.806. The number of hydrogen-bond donors (Lipinski definition) is 0. The van der Waals surface area contributed by atoms with Crippen LogP contribution in [0.25, 0.3) is 0 Å². The molecule has 0 saturated carbocycles. The number of aromatic nitrogens is 3. The smallest absolute Gasteiger partial charge is 0.0951 e. The van der Waals surface area contributed by atoms with E-state index in [1.54, 1.807) is 0 Å². The van der Waals surface area contributed by atoms with Crippen molar-refractivity contribution in [3.63, 3.8) is 0 Å². The molecule has 3 rings (SSSR count). The summed E-state index contributed by atoms with van der Waals surface area (Å²) in [4.78, 5) is 8.66. The summed E-state index contributed by atoms with van der Waals surface area (Å²) >= 11 is 0. The van der Waals surface area contributed by atoms with Crippen molar-refractivity contribution < 1.29 is 0 Å². The third-order valence-corrected chi connectivity index (χ3v) is 3.47. The van der Waals surface area contributed by atoms with Gasteiger partial charge in [-0.05, 0) is 43.7 Å². The third kappa shape index (κ3) is 2.23. The number of nitrogens with zero attached hydrogens (tertiary/aromatic N) is 3. The molecule has 88 valence electrons. The Morgan fingerprint density at radius 1 is 1.24 bits per heavy atom. The lowest BCUT2D eigenvalue weighted by Gasteiger charge is -2.13. The molecule has 2 aromatic heterocycles. The Labute approximate surface area is 102 Å². The van der Waals surface area contributed by atoms with E-state index >= 15 is 0 Å². The van der Waals surface area contributed by atoms with E-state index in [1.807, 2.05) is 24.8 Å². The second-order valence-corrected chi connectivity index (χ2v) is 4.65. The second-order valence-electron chi connectivity index (χ2n) is 4.65. The molecule has 0 fully saturated rings. The molecule has 0 spiro atoms. The molecule has 0 bridgehead atoms. The fraction of sp³-hybridized carbons (Fsp3) is 0.429. The fourth-order valence-corrected chi connectivity index (χ4v) is 2.52. The van der Waals surface area contributed by atoms with Gasteiger partial charge in [-0.25, -0.2) is 4.98 Å². The largest absolute Gasteiger partial charge is 0.334 e. The van der Waals surface area contributed by atoms with E-state index < -0.39 is 0 Å². The highest BCUT2D eigenvalue weighted by atomic mass is 15.1. The van der Waals surface area contributed by atoms with Crippen LogP contribution in [0.15, 0.2) is 30.9 Å². The summed E-state index contributed by atoms with van der Waals surface area (Å²) in [6.07, 6.45) is 11.8. The molecule has 0 atom stereocenters. The molecule has 1 aliphatic carbocycles. The number of hydrogen-bond acceptors (Lipinski definition) is 2. The highest BCUT2D eigenvalue weighted by molar-refractivity contribution is 5.17. The molecule has 0 unspecified atom stereocenters. The molecule has 0 saturated heterocycles. The zero-order valence-corrected chi connectivity index (χ0v) is 9.97. The summed E-state index contributed by atoms with van der Waals surface area (Å²) in [6, 6.07) is 4.13. The van der Waals surface area contributed by atoms with E-state index in [4.69, 9.17) is 0 Å². The number of rotatable bonds is 3. The van der Waals surface area contributed by atoms with Crippen molar-refractivity contribution in [2.75, 3.05) is 0 Å². The summed E-state index contributed by atoms with van der Waals surface area (Å²) in [5.41, 5.74) is 4.08. The molecule has 0 aromatic carbocycles. The zero-order valence-electron chi connectivity index (χ0n) is 9.97. The summed E-state index contributed by atoms with van der Waals surface area (Å²) in [5, 5.41) is 0. The van der Waals surface area contributed by atoms with Crippen LogP contribution < -0.4 is 0 Å². The molecular weight excluding hydrogens is 210 g/mol. The lowest BCUT2D eigenvalue weighted by molar-refractivity contribution is 0.602. The van der Waals surface area contributed by atoms with Crippen LogP contribution in [0.2, 0.25) is 0 Å². The lowest BCUT2D eigenvalue weighted by atomic mass is 10.0. The Balaban J connectivity index is 1.71. The molecule has 1 aliphatic rings. The number of pyridine rings is 1. The van der Waals surface area contributed by atoms with Crippen LogP contribution in [-0.2, 0) is 25.8 Å². The van der Waals surface area contributed by atoms with Crippen LogP contribution in [0.1, 0.15) is 29.8 Å². The Kier molecular flexibility index (Phi) is 2.90. The van der Waals surface area contributed by atoms with E-state index in [9.17, 15) is 0 Å². The van der Waals surface area contributed by atoms with Crippen molar-refractivity contribution in [2.24, 2.45) is 0 Å². The van der Waals surface area contributed by atoms with Gasteiger partial charge in [0.15, 0.2) is 0 Å². The minimum absolute atomic E-state index is 1.02. The molecule has 0 aliphatic heterocycles. The van der Waals surface area contributed by atoms with Gasteiger partial charge in [-0.15, -0.1) is 0 Å². The average molecular weight is 227 g/mol. The van der Waals surface area contributed by atoms with Gasteiger partial charge in [0.1, 0.15) is 0 Å². The van der Waals surface area contributed by atoms with Crippen molar-refractivity contribution in [1.82, 2.24) is 14.5 Å². The highest BCUT2D eigenvalue weighted by Crippen LogP contribution is 2.20. The average Bonchev–Trinajstić information content (AvgIpc) is 2.81. The first-order chi connectivity index (χ1) is 8.43. The van der Waals surface area contributed by atoms with Gasteiger partial charge in [0, 0.05) is 24.6 Å². The number of aryl methyl sites for hydroxylation is 3. The molecule has 2 heterocycles. The van der Waals surface area contributed by atoms with Gasteiger partial charge < -0.3 is 4.57 Å². The Morgan fingerprint density at radius 2 is 2.18 bits per heavy atom. The summed E-state index contributed by atoms with van der Waals surface area (Å²) < 4.78 is 2.32. The topological polar surface area (TPSA) is 30.7 Å². The van der Waals surface area contributed by atoms with Gasteiger partial charge >= 0.3 is 0 Å². The Morgan fingerprint density at radius 3 is 3.06 bits per heavy atom. The van der Waals surface area contributed by atoms with Crippen molar-refractivity contribution in [1.29, 1.82) is 0 Å². The molecule has 0 amide bonds. The van der Waals surface area contributed by atoms with Crippen molar-refractivity contribution >= 4 is 0 Å². The second kappa shape index (κ2) is 4.70. The summed E-state index contributed by atoms with van der Waals surface area (Å²) in [7, 11) is 0. The number of imidazole rings is 1. The van der Waals surface area contributed by atoms with Gasteiger partial charge in [0.25, 0.3) is 0 Å². The third-order valence-electron chi connectivity index (χ3n) is 3.47. The lowest BCUT2D eigenvalue weighted by Crippen LogP contribution is -2.09. The Hall–Kier alpha value is -1.64. The number of fused-ring (bicyclic) bond motifs is 1. The standard InChI is InChI=1S/C14H17N3/c1-2-6-14-13(5-1)16-11-17(14)9-7-12-4-3-8-15-10-12/h3-4,8,10-11H,1-2,5-7,9H2. The summed E-state index contributed by atoms with van der Waals surface area (Å²) in [6.45, 7) is 1.02. The van der Waals surface area contributed by atoms with Crippen LogP contribution in [0, 0.1) is 0 Å². The maximum Gasteiger partial charge on any atom is 0.0951 e. The van der Waals surface area contributed by atoms with Gasteiger partial charge in [-0.1, -0.05) is 6.07 Å². The first-order valence-corrected chi connectivity index (χ1v) is 6.35. The monoisotopic (exact) mass is 227 g/mol. The van der Waals surface area contributed by atoms with Crippen LogP contribution >= 0.6 is 0 Å². The minimum atomic E-state index is 1.02. The van der Waals surface area contributed by atoms with E-state index in [-0.39, 0.29) is 0 Å². The minimum Gasteiger partial charge on any atom is -0.334 e. The predicted octanol–water partition coefficient (Wildman–Crippen LogP) is 2.40. The molecule has 3 heteroatoms. The normalized spacial score (nSPS) is 14.6. The molecule has 3 nitrogen and oxygen atoms in total. The van der Waals surface area contributed by atoms with Gasteiger partial charge in [-0.3, -0.25) is 4.98 Å². The highest BCUT2D eigenvalue weighted by Gasteiger charge is 2.14. The van der Waals surface area contributed by atoms with Crippen LogP contribution in [0.5, 0.6) is 0 Å². The van der Waals surface area contributed by atoms with Crippen molar-refractivity contribution in [3.8, 4) is 0 Å². The van der Waals surface area contributed by atoms with Crippen LogP contribution in [0.4, 0.5) is 0 Å². The molecule has 2 aromatic rings. The van der Waals surface area contributed by atoms with E-state index in [1.165, 1.54) is 36.2 Å². The Bertz CT molecular complexity index is 487. The van der Waals surface area contributed by atoms with E-state index in [2.05, 4.69) is 20.6 Å². The molecule has 17 heavy (non-hydrogen) atoms. The van der Waals surface area contributed by atoms with E-state index in [0.29, 0.717) is 0 Å². The first-order valence-electron chi connectivity index (χ1n) is 6.35. The summed E-state index contributed by atoms with van der Waals surface area (Å²) in [5.74, 6) is 0. The molecule has 0 N–H and O–H groups in total. The molecular formula is C14H17N3. The SMILES string of the molecule is c1cncc(CCn2cnc3c2CCCC3)c1. The van der Waals surface area contributed by atoms with Gasteiger partial charge in [0.2, 0.25) is 0 Å². The molecule has 0 radical (unpaired) electrons. The predicted molar refractivity (Wildman–Crippen MR) is 66.8 cm³/mol. The van der Waals surface area contributed by atoms with E-state index in [0.717, 1.165) is 19.4 Å². The first kappa shape index (κ1) is 10.5. The van der Waals surface area contributed by atoms with Crippen molar-refractivity contribution in [3.05, 3.63) is 47.8 Å². The fourth-order valence-electron chi connectivity index (χ4n) is 2.52. The van der Waals surface area contributed by atoms with Gasteiger partial charge in [-0.2, -0.15) is 0 Å². The van der Waals surface area contributed by atoms with Crippen LogP contribution in [0.3, 0.4) is 0 Å². The van der Waals surface area contributed by atoms with Crippen molar-refractivity contribution in [2.45, 2.75) is 38.6 Å². The maximum atomic E-state index is 4.52. The van der Waals surface area contributed by atoms with Gasteiger partial charge in [0.05, 0.1) is 12.0 Å². The zero-order chi connectivity index (χ0) is 11.5. The maximum absolute atomic E-state index is 4.52. The van der Waals surface area contributed by atoms with Crippen LogP contribution in [-0.4, -0.2) is 14.5 Å².